The van der Waals surface area contributed by atoms with Crippen molar-refractivity contribution in [2.75, 3.05) is 5.32 Å². The van der Waals surface area contributed by atoms with Crippen LogP contribution in [0, 0.1) is 11.3 Å². The van der Waals surface area contributed by atoms with Gasteiger partial charge in [-0.3, -0.25) is 9.59 Å². The number of nitrogens with zero attached hydrogens (tertiary/aromatic N) is 5. The number of carbonyl (C=O) groups is 1. The molecule has 1 N–H and O–H groups in total. The summed E-state index contributed by atoms with van der Waals surface area (Å²) in [7, 11) is 0. The summed E-state index contributed by atoms with van der Waals surface area (Å²) in [4.78, 5) is 31.7. The molecule has 0 spiro atoms. The normalized spacial score (nSPS) is 10.4. The van der Waals surface area contributed by atoms with Gasteiger partial charge in [0.15, 0.2) is 11.5 Å². The van der Waals surface area contributed by atoms with Crippen molar-refractivity contribution < 1.29 is 4.79 Å². The van der Waals surface area contributed by atoms with E-state index in [4.69, 9.17) is 0 Å². The van der Waals surface area contributed by atoms with Gasteiger partial charge in [0.2, 0.25) is 6.41 Å². The highest BCUT2D eigenvalue weighted by Crippen LogP contribution is 2.29. The van der Waals surface area contributed by atoms with E-state index in [0.717, 1.165) is 5.56 Å². The maximum absolute atomic E-state index is 12.0. The molecular weight excluding hydrogens is 344 g/mol. The molecule has 0 aliphatic carbocycles. The number of hydrogen-bond acceptors (Lipinski definition) is 6. The van der Waals surface area contributed by atoms with Crippen molar-refractivity contribution in [1.29, 1.82) is 5.26 Å². The van der Waals surface area contributed by atoms with E-state index in [1.165, 1.54) is 10.7 Å². The van der Waals surface area contributed by atoms with Crippen LogP contribution in [0.2, 0.25) is 0 Å². The van der Waals surface area contributed by atoms with Crippen LogP contribution in [0.5, 0.6) is 0 Å². The zero-order valence-corrected chi connectivity index (χ0v) is 14.7. The van der Waals surface area contributed by atoms with E-state index in [9.17, 15) is 14.9 Å². The smallest absolute Gasteiger partial charge is 0.267 e. The molecule has 0 bridgehead atoms. The summed E-state index contributed by atoms with van der Waals surface area (Å²) in [5, 5.41) is 16.2. The van der Waals surface area contributed by atoms with E-state index < -0.39 is 0 Å². The lowest BCUT2D eigenvalue weighted by molar-refractivity contribution is -0.105. The fraction of sp³-hybridized carbons (Fsp3) is 0.158. The Balaban J connectivity index is 2.31. The van der Waals surface area contributed by atoms with Gasteiger partial charge in [-0.2, -0.15) is 10.4 Å². The molecule has 2 aromatic heterocycles. The van der Waals surface area contributed by atoms with Crippen LogP contribution >= 0.6 is 0 Å². The standard InChI is InChI=1S/C19H16N6O2/c1-12(2)25-16(27)9-8-14(24-25)18-17(13-6-4-3-5-7-13)23-19(21-11-26)15(10-20)22-18/h3-9,11-12H,1-2H3,(H,21,23,26). The molecule has 0 saturated carbocycles. The Morgan fingerprint density at radius 1 is 1.11 bits per heavy atom. The molecule has 0 radical (unpaired) electrons. The maximum Gasteiger partial charge on any atom is 0.267 e. The van der Waals surface area contributed by atoms with E-state index in [-0.39, 0.29) is 23.1 Å². The minimum absolute atomic E-state index is 0.0409. The van der Waals surface area contributed by atoms with Gasteiger partial charge in [-0.05, 0) is 19.9 Å². The third-order valence-electron chi connectivity index (χ3n) is 3.80. The monoisotopic (exact) mass is 360 g/mol. The molecule has 0 fully saturated rings. The van der Waals surface area contributed by atoms with Crippen LogP contribution in [0.1, 0.15) is 25.6 Å². The summed E-state index contributed by atoms with van der Waals surface area (Å²) in [6.45, 7) is 3.69. The lowest BCUT2D eigenvalue weighted by atomic mass is 10.1. The van der Waals surface area contributed by atoms with Gasteiger partial charge in [-0.1, -0.05) is 30.3 Å². The van der Waals surface area contributed by atoms with E-state index in [2.05, 4.69) is 20.4 Å². The lowest BCUT2D eigenvalue weighted by Crippen LogP contribution is -2.24. The number of anilines is 1. The van der Waals surface area contributed by atoms with Crippen molar-refractivity contribution in [2.24, 2.45) is 0 Å². The Morgan fingerprint density at radius 2 is 1.85 bits per heavy atom. The topological polar surface area (TPSA) is 114 Å². The first-order valence-electron chi connectivity index (χ1n) is 8.23. The summed E-state index contributed by atoms with van der Waals surface area (Å²) in [6, 6.07) is 14.0. The Morgan fingerprint density at radius 3 is 2.48 bits per heavy atom. The van der Waals surface area contributed by atoms with Gasteiger partial charge in [-0.25, -0.2) is 14.6 Å². The minimum Gasteiger partial charge on any atom is -0.311 e. The maximum atomic E-state index is 12.0. The average Bonchev–Trinajstić information content (AvgIpc) is 2.69. The molecule has 8 heteroatoms. The van der Waals surface area contributed by atoms with Crippen molar-refractivity contribution in [3.8, 4) is 28.7 Å². The van der Waals surface area contributed by atoms with Gasteiger partial charge >= 0.3 is 0 Å². The summed E-state index contributed by atoms with van der Waals surface area (Å²) >= 11 is 0. The number of amides is 1. The molecular formula is C19H16N6O2. The number of hydrogen-bond donors (Lipinski definition) is 1. The van der Waals surface area contributed by atoms with E-state index in [0.29, 0.717) is 23.5 Å². The quantitative estimate of drug-likeness (QED) is 0.699. The van der Waals surface area contributed by atoms with Crippen molar-refractivity contribution in [3.63, 3.8) is 0 Å². The van der Waals surface area contributed by atoms with Crippen molar-refractivity contribution in [3.05, 3.63) is 58.5 Å². The van der Waals surface area contributed by atoms with Crippen LogP contribution in [-0.2, 0) is 4.79 Å². The first-order chi connectivity index (χ1) is 13.0. The molecule has 0 unspecified atom stereocenters. The second kappa shape index (κ2) is 7.58. The second-order valence-corrected chi connectivity index (χ2v) is 5.95. The highest BCUT2D eigenvalue weighted by molar-refractivity contribution is 5.80. The molecule has 27 heavy (non-hydrogen) atoms. The number of nitrogens with one attached hydrogen (secondary N) is 1. The van der Waals surface area contributed by atoms with Gasteiger partial charge in [0.25, 0.3) is 5.56 Å². The number of rotatable bonds is 5. The number of nitriles is 1. The molecule has 0 aliphatic heterocycles. The number of benzene rings is 1. The molecule has 0 saturated heterocycles. The first-order valence-corrected chi connectivity index (χ1v) is 8.23. The van der Waals surface area contributed by atoms with Crippen molar-refractivity contribution >= 4 is 12.2 Å². The van der Waals surface area contributed by atoms with Gasteiger partial charge < -0.3 is 5.32 Å². The highest BCUT2D eigenvalue weighted by Gasteiger charge is 2.18. The Bertz CT molecular complexity index is 1080. The number of carbonyl (C=O) groups excluding carboxylic acids is 1. The van der Waals surface area contributed by atoms with Crippen LogP contribution in [0.25, 0.3) is 22.6 Å². The molecule has 1 aromatic carbocycles. The SMILES string of the molecule is CC(C)n1nc(-c2nc(C#N)c(NC=O)nc2-c2ccccc2)ccc1=O. The molecule has 2 heterocycles. The molecule has 0 atom stereocenters. The van der Waals surface area contributed by atoms with E-state index >= 15 is 0 Å². The van der Waals surface area contributed by atoms with Gasteiger partial charge in [0.1, 0.15) is 23.2 Å². The molecule has 1 amide bonds. The molecule has 0 aliphatic rings. The van der Waals surface area contributed by atoms with Gasteiger partial charge in [-0.15, -0.1) is 0 Å². The predicted octanol–water partition coefficient (Wildman–Crippen LogP) is 2.39. The molecule has 3 rings (SSSR count). The summed E-state index contributed by atoms with van der Waals surface area (Å²) in [5.41, 5.74) is 1.67. The van der Waals surface area contributed by atoms with Gasteiger partial charge in [0, 0.05) is 11.6 Å². The first kappa shape index (κ1) is 17.9. The second-order valence-electron chi connectivity index (χ2n) is 5.95. The van der Waals surface area contributed by atoms with E-state index in [1.54, 1.807) is 6.07 Å². The lowest BCUT2D eigenvalue weighted by Gasteiger charge is -2.13. The largest absolute Gasteiger partial charge is 0.311 e. The van der Waals surface area contributed by atoms with Crippen LogP contribution in [-0.4, -0.2) is 26.2 Å². The average molecular weight is 360 g/mol. The van der Waals surface area contributed by atoms with E-state index in [1.807, 2.05) is 50.2 Å². The van der Waals surface area contributed by atoms with Crippen molar-refractivity contribution in [2.45, 2.75) is 19.9 Å². The number of aromatic nitrogens is 4. The Labute approximate surface area is 155 Å². The van der Waals surface area contributed by atoms with Crippen LogP contribution < -0.4 is 10.9 Å². The van der Waals surface area contributed by atoms with Gasteiger partial charge in [0.05, 0.1) is 6.04 Å². The summed E-state index contributed by atoms with van der Waals surface area (Å²) in [6.07, 6.45) is 0.441. The predicted molar refractivity (Wildman–Crippen MR) is 99.7 cm³/mol. The Hall–Kier alpha value is -3.86. The molecule has 134 valence electrons. The fourth-order valence-electron chi connectivity index (χ4n) is 2.57. The zero-order valence-electron chi connectivity index (χ0n) is 14.7. The summed E-state index contributed by atoms with van der Waals surface area (Å²) < 4.78 is 1.34. The third-order valence-corrected chi connectivity index (χ3v) is 3.80. The van der Waals surface area contributed by atoms with Crippen LogP contribution in [0.3, 0.4) is 0 Å². The summed E-state index contributed by atoms with van der Waals surface area (Å²) in [5.74, 6) is 0.0623. The fourth-order valence-corrected chi connectivity index (χ4v) is 2.57. The molecule has 3 aromatic rings. The minimum atomic E-state index is -0.234. The Kier molecular flexibility index (Phi) is 5.04. The van der Waals surface area contributed by atoms with Crippen LogP contribution in [0.15, 0.2) is 47.3 Å². The zero-order chi connectivity index (χ0) is 19.4. The third kappa shape index (κ3) is 3.57. The highest BCUT2D eigenvalue weighted by atomic mass is 16.1. The van der Waals surface area contributed by atoms with Crippen molar-refractivity contribution in [1.82, 2.24) is 19.7 Å². The van der Waals surface area contributed by atoms with Crippen LogP contribution in [0.4, 0.5) is 5.82 Å². The molecule has 8 nitrogen and oxygen atoms in total.